The van der Waals surface area contributed by atoms with E-state index in [1.54, 1.807) is 12.1 Å². The molecule has 0 aliphatic heterocycles. The molecule has 3 heteroatoms. The van der Waals surface area contributed by atoms with Gasteiger partial charge in [0.05, 0.1) is 0 Å². The normalized spacial score (nSPS) is 17.4. The zero-order chi connectivity index (χ0) is 11.4. The molecule has 0 saturated heterocycles. The van der Waals surface area contributed by atoms with Gasteiger partial charge in [0.2, 0.25) is 0 Å². The summed E-state index contributed by atoms with van der Waals surface area (Å²) in [5, 5.41) is 12.4. The van der Waals surface area contributed by atoms with E-state index in [-0.39, 0.29) is 12.4 Å². The van der Waals surface area contributed by atoms with Crippen molar-refractivity contribution in [3.8, 4) is 0 Å². The molecular formula is C13H18FNO. The summed E-state index contributed by atoms with van der Waals surface area (Å²) in [5.41, 5.74) is 1.09. The highest BCUT2D eigenvalue weighted by Gasteiger charge is 2.30. The number of rotatable bonds is 6. The lowest BCUT2D eigenvalue weighted by atomic mass is 10.1. The Balaban J connectivity index is 1.82. The van der Waals surface area contributed by atoms with Gasteiger partial charge in [-0.3, -0.25) is 0 Å². The molecule has 1 atom stereocenters. The highest BCUT2D eigenvalue weighted by Crippen LogP contribution is 2.34. The van der Waals surface area contributed by atoms with E-state index in [4.69, 9.17) is 5.11 Å². The molecule has 2 rings (SSSR count). The van der Waals surface area contributed by atoms with E-state index in [2.05, 4.69) is 5.32 Å². The van der Waals surface area contributed by atoms with Crippen molar-refractivity contribution in [2.45, 2.75) is 31.8 Å². The fraction of sp³-hybridized carbons (Fsp3) is 0.538. The van der Waals surface area contributed by atoms with Crippen molar-refractivity contribution in [1.82, 2.24) is 5.32 Å². The summed E-state index contributed by atoms with van der Waals surface area (Å²) in [6, 6.07) is 6.97. The van der Waals surface area contributed by atoms with Crippen molar-refractivity contribution >= 4 is 0 Å². The monoisotopic (exact) mass is 223 g/mol. The van der Waals surface area contributed by atoms with Gasteiger partial charge in [0.25, 0.3) is 0 Å². The van der Waals surface area contributed by atoms with E-state index in [0.717, 1.165) is 24.4 Å². The van der Waals surface area contributed by atoms with Crippen LogP contribution in [-0.4, -0.2) is 17.8 Å². The molecule has 2 N–H and O–H groups in total. The first-order chi connectivity index (χ1) is 7.79. The van der Waals surface area contributed by atoms with Gasteiger partial charge in [-0.15, -0.1) is 0 Å². The van der Waals surface area contributed by atoms with Crippen molar-refractivity contribution < 1.29 is 9.50 Å². The Kier molecular flexibility index (Phi) is 3.91. The van der Waals surface area contributed by atoms with Crippen LogP contribution in [0.1, 0.15) is 24.8 Å². The number of hydrogen-bond donors (Lipinski definition) is 2. The average Bonchev–Trinajstić information content (AvgIpc) is 3.10. The summed E-state index contributed by atoms with van der Waals surface area (Å²) >= 11 is 0. The highest BCUT2D eigenvalue weighted by molar-refractivity contribution is 5.15. The Hall–Kier alpha value is -0.930. The molecule has 2 nitrogen and oxygen atoms in total. The van der Waals surface area contributed by atoms with Gasteiger partial charge >= 0.3 is 0 Å². The number of halogens is 1. The molecule has 88 valence electrons. The SMILES string of the molecule is OCCC(NCc1ccc(F)cc1)C1CC1. The van der Waals surface area contributed by atoms with Gasteiger partial charge in [-0.05, 0) is 42.9 Å². The lowest BCUT2D eigenvalue weighted by molar-refractivity contribution is 0.256. The maximum absolute atomic E-state index is 12.7. The summed E-state index contributed by atoms with van der Waals surface area (Å²) < 4.78 is 12.7. The Morgan fingerprint density at radius 1 is 1.31 bits per heavy atom. The smallest absolute Gasteiger partial charge is 0.123 e. The molecule has 1 fully saturated rings. The van der Waals surface area contributed by atoms with Gasteiger partial charge in [0.1, 0.15) is 5.82 Å². The molecule has 0 spiro atoms. The summed E-state index contributed by atoms with van der Waals surface area (Å²) in [4.78, 5) is 0. The predicted molar refractivity (Wildman–Crippen MR) is 61.5 cm³/mol. The molecule has 0 bridgehead atoms. The largest absolute Gasteiger partial charge is 0.396 e. The quantitative estimate of drug-likeness (QED) is 0.774. The van der Waals surface area contributed by atoms with Crippen LogP contribution in [-0.2, 0) is 6.54 Å². The van der Waals surface area contributed by atoms with Gasteiger partial charge in [-0.2, -0.15) is 0 Å². The Bertz CT molecular complexity index is 321. The Morgan fingerprint density at radius 3 is 2.56 bits per heavy atom. The summed E-state index contributed by atoms with van der Waals surface area (Å²) in [6.07, 6.45) is 3.34. The van der Waals surface area contributed by atoms with E-state index in [1.807, 2.05) is 0 Å². The maximum Gasteiger partial charge on any atom is 0.123 e. The number of aliphatic hydroxyl groups is 1. The first-order valence-electron chi connectivity index (χ1n) is 5.88. The molecule has 0 radical (unpaired) electrons. The molecular weight excluding hydrogens is 205 g/mol. The topological polar surface area (TPSA) is 32.3 Å². The lowest BCUT2D eigenvalue weighted by Gasteiger charge is -2.17. The van der Waals surface area contributed by atoms with Crippen molar-refractivity contribution in [3.63, 3.8) is 0 Å². The number of benzene rings is 1. The molecule has 0 aromatic heterocycles. The molecule has 0 amide bonds. The number of hydrogen-bond acceptors (Lipinski definition) is 2. The zero-order valence-corrected chi connectivity index (χ0v) is 9.32. The lowest BCUT2D eigenvalue weighted by Crippen LogP contribution is -2.31. The van der Waals surface area contributed by atoms with Crippen molar-refractivity contribution in [3.05, 3.63) is 35.6 Å². The van der Waals surface area contributed by atoms with Gasteiger partial charge < -0.3 is 10.4 Å². The van der Waals surface area contributed by atoms with Crippen LogP contribution in [0.15, 0.2) is 24.3 Å². The molecule has 1 aromatic rings. The highest BCUT2D eigenvalue weighted by atomic mass is 19.1. The van der Waals surface area contributed by atoms with Crippen LogP contribution in [0.2, 0.25) is 0 Å². The number of aliphatic hydroxyl groups excluding tert-OH is 1. The summed E-state index contributed by atoms with van der Waals surface area (Å²) in [6.45, 7) is 0.985. The van der Waals surface area contributed by atoms with E-state index < -0.39 is 0 Å². The fourth-order valence-electron chi connectivity index (χ4n) is 1.99. The summed E-state index contributed by atoms with van der Waals surface area (Å²) in [5.74, 6) is 0.533. The second kappa shape index (κ2) is 5.41. The second-order valence-corrected chi connectivity index (χ2v) is 4.46. The minimum absolute atomic E-state index is 0.196. The molecule has 1 saturated carbocycles. The Morgan fingerprint density at radius 2 is 2.00 bits per heavy atom. The third-order valence-electron chi connectivity index (χ3n) is 3.11. The molecule has 1 aliphatic carbocycles. The maximum atomic E-state index is 12.7. The third kappa shape index (κ3) is 3.29. The van der Waals surface area contributed by atoms with Crippen LogP contribution >= 0.6 is 0 Å². The van der Waals surface area contributed by atoms with E-state index >= 15 is 0 Å². The van der Waals surface area contributed by atoms with Gasteiger partial charge in [0.15, 0.2) is 0 Å². The molecule has 16 heavy (non-hydrogen) atoms. The molecule has 0 heterocycles. The summed E-state index contributed by atoms with van der Waals surface area (Å²) in [7, 11) is 0. The number of nitrogens with one attached hydrogen (secondary N) is 1. The van der Waals surface area contributed by atoms with Crippen LogP contribution in [0.4, 0.5) is 4.39 Å². The fourth-order valence-corrected chi connectivity index (χ4v) is 1.99. The van der Waals surface area contributed by atoms with Crippen LogP contribution < -0.4 is 5.32 Å². The third-order valence-corrected chi connectivity index (χ3v) is 3.11. The van der Waals surface area contributed by atoms with Crippen LogP contribution in [0.25, 0.3) is 0 Å². The minimum atomic E-state index is -0.196. The second-order valence-electron chi connectivity index (χ2n) is 4.46. The van der Waals surface area contributed by atoms with Gasteiger partial charge in [-0.1, -0.05) is 12.1 Å². The molecule has 1 aromatic carbocycles. The van der Waals surface area contributed by atoms with Crippen LogP contribution in [0.3, 0.4) is 0 Å². The van der Waals surface area contributed by atoms with Gasteiger partial charge in [0, 0.05) is 19.2 Å². The predicted octanol–water partition coefficient (Wildman–Crippen LogP) is 2.08. The first kappa shape index (κ1) is 11.6. The van der Waals surface area contributed by atoms with Crippen molar-refractivity contribution in [1.29, 1.82) is 0 Å². The zero-order valence-electron chi connectivity index (χ0n) is 9.32. The van der Waals surface area contributed by atoms with E-state index in [9.17, 15) is 4.39 Å². The standard InChI is InChI=1S/C13H18FNO/c14-12-5-1-10(2-6-12)9-15-13(7-8-16)11-3-4-11/h1-2,5-6,11,13,15-16H,3-4,7-9H2. The average molecular weight is 223 g/mol. The van der Waals surface area contributed by atoms with E-state index in [1.165, 1.54) is 25.0 Å². The van der Waals surface area contributed by atoms with Crippen molar-refractivity contribution in [2.24, 2.45) is 5.92 Å². The van der Waals surface area contributed by atoms with Gasteiger partial charge in [-0.25, -0.2) is 4.39 Å². The minimum Gasteiger partial charge on any atom is -0.396 e. The van der Waals surface area contributed by atoms with E-state index in [0.29, 0.717) is 6.04 Å². The Labute approximate surface area is 95.5 Å². The van der Waals surface area contributed by atoms with Crippen LogP contribution in [0, 0.1) is 11.7 Å². The molecule has 1 unspecified atom stereocenters. The first-order valence-corrected chi connectivity index (χ1v) is 5.88. The van der Waals surface area contributed by atoms with Crippen LogP contribution in [0.5, 0.6) is 0 Å². The molecule has 1 aliphatic rings. The van der Waals surface area contributed by atoms with Crippen molar-refractivity contribution in [2.75, 3.05) is 6.61 Å².